The third kappa shape index (κ3) is 3.17. The highest BCUT2D eigenvalue weighted by Gasteiger charge is 2.11. The molecule has 0 atom stereocenters. The van der Waals surface area contributed by atoms with Crippen LogP contribution in [-0.2, 0) is 11.3 Å². The molecule has 1 amide bonds. The third-order valence-corrected chi connectivity index (χ3v) is 2.77. The van der Waals surface area contributed by atoms with Gasteiger partial charge in [0.25, 0.3) is 0 Å². The van der Waals surface area contributed by atoms with E-state index in [0.29, 0.717) is 22.7 Å². The minimum Gasteiger partial charge on any atom is -0.324 e. The molecule has 1 aromatic carbocycles. The highest BCUT2D eigenvalue weighted by molar-refractivity contribution is 6.30. The molecule has 0 aliphatic carbocycles. The van der Waals surface area contributed by atoms with Gasteiger partial charge in [-0.2, -0.15) is 0 Å². The van der Waals surface area contributed by atoms with Gasteiger partial charge in [0.1, 0.15) is 12.2 Å². The molecule has 1 aromatic heterocycles. The molecule has 0 unspecified atom stereocenters. The SMILES string of the molecule is Cc1c(C=O)nnn1CC(=O)Nc1cccc(Cl)c1. The van der Waals surface area contributed by atoms with E-state index in [9.17, 15) is 9.59 Å². The molecular weight excluding hydrogens is 268 g/mol. The molecule has 0 aliphatic heterocycles. The van der Waals surface area contributed by atoms with Crippen LogP contribution in [0.3, 0.4) is 0 Å². The first-order valence-corrected chi connectivity index (χ1v) is 5.88. The largest absolute Gasteiger partial charge is 0.324 e. The number of aldehydes is 1. The smallest absolute Gasteiger partial charge is 0.246 e. The fourth-order valence-corrected chi connectivity index (χ4v) is 1.73. The van der Waals surface area contributed by atoms with Crippen molar-refractivity contribution in [1.29, 1.82) is 0 Å². The summed E-state index contributed by atoms with van der Waals surface area (Å²) in [6, 6.07) is 6.83. The molecule has 2 aromatic rings. The number of benzene rings is 1. The molecule has 1 N–H and O–H groups in total. The van der Waals surface area contributed by atoms with Gasteiger partial charge in [-0.05, 0) is 25.1 Å². The molecule has 1 heterocycles. The Balaban J connectivity index is 2.05. The molecule has 98 valence electrons. The van der Waals surface area contributed by atoms with Crippen molar-refractivity contribution in [2.24, 2.45) is 0 Å². The first-order chi connectivity index (χ1) is 9.10. The van der Waals surface area contributed by atoms with Crippen molar-refractivity contribution >= 4 is 29.5 Å². The van der Waals surface area contributed by atoms with E-state index in [2.05, 4.69) is 15.6 Å². The predicted molar refractivity (Wildman–Crippen MR) is 70.2 cm³/mol. The summed E-state index contributed by atoms with van der Waals surface area (Å²) in [5.74, 6) is -0.271. The maximum absolute atomic E-state index is 11.8. The number of rotatable bonds is 4. The molecule has 0 saturated carbocycles. The second-order valence-corrected chi connectivity index (χ2v) is 4.33. The van der Waals surface area contributed by atoms with Crippen LogP contribution < -0.4 is 5.32 Å². The van der Waals surface area contributed by atoms with Crippen molar-refractivity contribution in [2.45, 2.75) is 13.5 Å². The number of carbonyl (C=O) groups is 2. The first-order valence-electron chi connectivity index (χ1n) is 5.51. The minimum atomic E-state index is -0.271. The second kappa shape index (κ2) is 5.62. The quantitative estimate of drug-likeness (QED) is 0.864. The van der Waals surface area contributed by atoms with Gasteiger partial charge in [-0.15, -0.1) is 5.10 Å². The Kier molecular flexibility index (Phi) is 3.91. The van der Waals surface area contributed by atoms with Crippen LogP contribution in [0.4, 0.5) is 5.69 Å². The fourth-order valence-electron chi connectivity index (χ4n) is 1.54. The summed E-state index contributed by atoms with van der Waals surface area (Å²) in [5, 5.41) is 10.6. The van der Waals surface area contributed by atoms with Gasteiger partial charge in [-0.25, -0.2) is 4.68 Å². The molecule has 0 radical (unpaired) electrons. The highest BCUT2D eigenvalue weighted by Crippen LogP contribution is 2.14. The van der Waals surface area contributed by atoms with Gasteiger partial charge in [0, 0.05) is 10.7 Å². The van der Waals surface area contributed by atoms with E-state index in [1.807, 2.05) is 0 Å². The standard InChI is InChI=1S/C12H11ClN4O2/c1-8-11(7-18)15-16-17(8)6-12(19)14-10-4-2-3-9(13)5-10/h2-5,7H,6H2,1H3,(H,14,19). The molecule has 0 fully saturated rings. The number of nitrogens with one attached hydrogen (secondary N) is 1. The van der Waals surface area contributed by atoms with E-state index in [0.717, 1.165) is 0 Å². The number of nitrogens with zero attached hydrogens (tertiary/aromatic N) is 3. The van der Waals surface area contributed by atoms with Crippen LogP contribution in [-0.4, -0.2) is 27.2 Å². The van der Waals surface area contributed by atoms with Crippen molar-refractivity contribution in [3.63, 3.8) is 0 Å². The normalized spacial score (nSPS) is 10.2. The molecule has 0 bridgehead atoms. The third-order valence-electron chi connectivity index (χ3n) is 2.53. The number of aromatic nitrogens is 3. The molecule has 19 heavy (non-hydrogen) atoms. The average molecular weight is 279 g/mol. The van der Waals surface area contributed by atoms with E-state index in [-0.39, 0.29) is 18.1 Å². The van der Waals surface area contributed by atoms with Crippen molar-refractivity contribution in [3.05, 3.63) is 40.7 Å². The first kappa shape index (κ1) is 13.2. The summed E-state index contributed by atoms with van der Waals surface area (Å²) in [4.78, 5) is 22.4. The molecule has 7 heteroatoms. The zero-order valence-electron chi connectivity index (χ0n) is 10.1. The van der Waals surface area contributed by atoms with Gasteiger partial charge < -0.3 is 5.32 Å². The summed E-state index contributed by atoms with van der Waals surface area (Å²) in [6.45, 7) is 1.66. The maximum Gasteiger partial charge on any atom is 0.246 e. The van der Waals surface area contributed by atoms with Crippen LogP contribution in [0, 0.1) is 6.92 Å². The summed E-state index contributed by atoms with van der Waals surface area (Å²) in [5.41, 5.74) is 1.39. The van der Waals surface area contributed by atoms with Crippen LogP contribution in [0.2, 0.25) is 5.02 Å². The van der Waals surface area contributed by atoms with Gasteiger partial charge in [0.2, 0.25) is 5.91 Å². The number of anilines is 1. The van der Waals surface area contributed by atoms with Gasteiger partial charge >= 0.3 is 0 Å². The van der Waals surface area contributed by atoms with Crippen molar-refractivity contribution in [3.8, 4) is 0 Å². The number of carbonyl (C=O) groups excluding carboxylic acids is 2. The Bertz CT molecular complexity index is 624. The average Bonchev–Trinajstić information content (AvgIpc) is 2.70. The number of hydrogen-bond acceptors (Lipinski definition) is 4. The number of halogens is 1. The number of amides is 1. The van der Waals surface area contributed by atoms with Gasteiger partial charge in [-0.1, -0.05) is 22.9 Å². The summed E-state index contributed by atoms with van der Waals surface area (Å²) >= 11 is 5.82. The van der Waals surface area contributed by atoms with Crippen LogP contribution in [0.15, 0.2) is 24.3 Å². The molecule has 6 nitrogen and oxygen atoms in total. The topological polar surface area (TPSA) is 76.9 Å². The number of hydrogen-bond donors (Lipinski definition) is 1. The molecule has 0 spiro atoms. The molecule has 0 saturated heterocycles. The Labute approximate surface area is 114 Å². The highest BCUT2D eigenvalue weighted by atomic mass is 35.5. The van der Waals surface area contributed by atoms with Crippen molar-refractivity contribution < 1.29 is 9.59 Å². The van der Waals surface area contributed by atoms with Gasteiger partial charge in [0.05, 0.1) is 5.69 Å². The lowest BCUT2D eigenvalue weighted by atomic mass is 10.3. The van der Waals surface area contributed by atoms with Gasteiger partial charge in [-0.3, -0.25) is 9.59 Å². The molecule has 2 rings (SSSR count). The van der Waals surface area contributed by atoms with Crippen LogP contribution in [0.5, 0.6) is 0 Å². The van der Waals surface area contributed by atoms with Crippen molar-refractivity contribution in [2.75, 3.05) is 5.32 Å². The Hall–Kier alpha value is -2.21. The summed E-state index contributed by atoms with van der Waals surface area (Å²) in [6.07, 6.45) is 0.605. The van der Waals surface area contributed by atoms with Crippen molar-refractivity contribution in [1.82, 2.24) is 15.0 Å². The van der Waals surface area contributed by atoms with Crippen LogP contribution in [0.25, 0.3) is 0 Å². The van der Waals surface area contributed by atoms with E-state index in [1.165, 1.54) is 4.68 Å². The lowest BCUT2D eigenvalue weighted by molar-refractivity contribution is -0.117. The zero-order valence-corrected chi connectivity index (χ0v) is 10.9. The fraction of sp³-hybridized carbons (Fsp3) is 0.167. The predicted octanol–water partition coefficient (Wildman–Crippen LogP) is 1.69. The Morgan fingerprint density at radius 2 is 2.32 bits per heavy atom. The lowest BCUT2D eigenvalue weighted by Crippen LogP contribution is -2.20. The van der Waals surface area contributed by atoms with E-state index < -0.39 is 0 Å². The van der Waals surface area contributed by atoms with Gasteiger partial charge in [0.15, 0.2) is 6.29 Å². The maximum atomic E-state index is 11.8. The minimum absolute atomic E-state index is 0.0147. The summed E-state index contributed by atoms with van der Waals surface area (Å²) < 4.78 is 1.36. The van der Waals surface area contributed by atoms with E-state index in [4.69, 9.17) is 11.6 Å². The monoisotopic (exact) mass is 278 g/mol. The van der Waals surface area contributed by atoms with E-state index in [1.54, 1.807) is 31.2 Å². The molecule has 0 aliphatic rings. The van der Waals surface area contributed by atoms with E-state index >= 15 is 0 Å². The zero-order chi connectivity index (χ0) is 13.8. The summed E-state index contributed by atoms with van der Waals surface area (Å²) in [7, 11) is 0. The lowest BCUT2D eigenvalue weighted by Gasteiger charge is -2.06. The Morgan fingerprint density at radius 1 is 1.53 bits per heavy atom. The van der Waals surface area contributed by atoms with Crippen LogP contribution in [0.1, 0.15) is 16.2 Å². The Morgan fingerprint density at radius 3 is 2.95 bits per heavy atom. The molecular formula is C12H11ClN4O2. The second-order valence-electron chi connectivity index (χ2n) is 3.89. The van der Waals surface area contributed by atoms with Crippen LogP contribution >= 0.6 is 11.6 Å².